The molecule has 0 radical (unpaired) electrons. The van der Waals surface area contributed by atoms with E-state index in [0.29, 0.717) is 12.8 Å². The fourth-order valence-corrected chi connectivity index (χ4v) is 2.85. The minimum Gasteiger partial charge on any atom is -0.444 e. The van der Waals surface area contributed by atoms with Crippen LogP contribution in [0.2, 0.25) is 0 Å². The van der Waals surface area contributed by atoms with E-state index >= 15 is 0 Å². The van der Waals surface area contributed by atoms with Crippen LogP contribution in [0.15, 0.2) is 0 Å². The molecular weight excluding hydrogens is 313 g/mol. The number of aliphatic hydroxyl groups excluding tert-OH is 1. The van der Waals surface area contributed by atoms with E-state index in [9.17, 15) is 23.1 Å². The van der Waals surface area contributed by atoms with Gasteiger partial charge in [-0.25, -0.2) is 4.79 Å². The van der Waals surface area contributed by atoms with Crippen molar-refractivity contribution < 1.29 is 27.8 Å². The molecule has 3 unspecified atom stereocenters. The second-order valence-corrected chi connectivity index (χ2v) is 6.97. The van der Waals surface area contributed by atoms with E-state index in [2.05, 4.69) is 5.32 Å². The van der Waals surface area contributed by atoms with Crippen LogP contribution in [-0.2, 0) is 4.74 Å². The number of carbonyl (C=O) groups excluding carboxylic acids is 1. The molecule has 1 fully saturated rings. The zero-order chi connectivity index (χ0) is 17.8. The second kappa shape index (κ2) is 7.70. The van der Waals surface area contributed by atoms with Crippen molar-refractivity contribution in [2.45, 2.75) is 76.9 Å². The number of nitrogens with zero attached hydrogens (tertiary/aromatic N) is 1. The Labute approximate surface area is 135 Å². The van der Waals surface area contributed by atoms with E-state index < -0.39 is 42.6 Å². The Hall–Kier alpha value is -1.02. The van der Waals surface area contributed by atoms with Gasteiger partial charge in [0.25, 0.3) is 0 Å². The largest absolute Gasteiger partial charge is 0.444 e. The molecule has 0 aromatic rings. The monoisotopic (exact) mass is 340 g/mol. The zero-order valence-corrected chi connectivity index (χ0v) is 14.1. The number of alkyl carbamates (subject to hydrolysis) is 1. The zero-order valence-electron chi connectivity index (χ0n) is 14.1. The summed E-state index contributed by atoms with van der Waals surface area (Å²) in [5.74, 6) is 0. The molecule has 0 heterocycles. The van der Waals surface area contributed by atoms with Gasteiger partial charge in [0.2, 0.25) is 0 Å². The summed E-state index contributed by atoms with van der Waals surface area (Å²) < 4.78 is 43.4. The summed E-state index contributed by atoms with van der Waals surface area (Å²) in [4.78, 5) is 13.2. The predicted molar refractivity (Wildman–Crippen MR) is 80.1 cm³/mol. The van der Waals surface area contributed by atoms with E-state index in [-0.39, 0.29) is 13.0 Å². The molecule has 8 heteroatoms. The van der Waals surface area contributed by atoms with Crippen LogP contribution in [0.3, 0.4) is 0 Å². The first-order valence-electron chi connectivity index (χ1n) is 7.89. The normalized spacial score (nSPS) is 26.2. The van der Waals surface area contributed by atoms with Gasteiger partial charge in [0, 0.05) is 12.1 Å². The molecule has 136 valence electrons. The maximum Gasteiger partial charge on any atom is 0.407 e. The van der Waals surface area contributed by atoms with Crippen molar-refractivity contribution in [3.63, 3.8) is 0 Å². The first kappa shape index (κ1) is 20.0. The molecule has 1 amide bonds. The highest BCUT2D eigenvalue weighted by molar-refractivity contribution is 5.68. The summed E-state index contributed by atoms with van der Waals surface area (Å²) in [5, 5.41) is 12.5. The van der Waals surface area contributed by atoms with Gasteiger partial charge in [-0.1, -0.05) is 6.92 Å². The molecule has 5 nitrogen and oxygen atoms in total. The minimum atomic E-state index is -4.32. The molecule has 1 aliphatic carbocycles. The number of amides is 1. The number of carbonyl (C=O) groups is 1. The molecule has 0 aromatic heterocycles. The summed E-state index contributed by atoms with van der Waals surface area (Å²) in [7, 11) is 0. The lowest BCUT2D eigenvalue weighted by molar-refractivity contribution is -0.154. The highest BCUT2D eigenvalue weighted by Crippen LogP contribution is 2.27. The second-order valence-electron chi connectivity index (χ2n) is 6.97. The number of hydrogen-bond donors (Lipinski definition) is 2. The van der Waals surface area contributed by atoms with E-state index in [4.69, 9.17) is 4.74 Å². The third kappa shape index (κ3) is 7.39. The number of rotatable bonds is 4. The number of ether oxygens (including phenoxy) is 1. The van der Waals surface area contributed by atoms with Gasteiger partial charge in [-0.05, 0) is 46.6 Å². The summed E-state index contributed by atoms with van der Waals surface area (Å²) in [6, 6.07) is -1.05. The molecule has 3 atom stereocenters. The molecule has 1 rings (SSSR count). The summed E-state index contributed by atoms with van der Waals surface area (Å²) in [6.45, 7) is 5.91. The summed E-state index contributed by atoms with van der Waals surface area (Å²) in [6.07, 6.45) is -4.56. The Morgan fingerprint density at radius 3 is 2.39 bits per heavy atom. The molecule has 23 heavy (non-hydrogen) atoms. The predicted octanol–water partition coefficient (Wildman–Crippen LogP) is 2.68. The molecule has 0 spiro atoms. The highest BCUT2D eigenvalue weighted by Gasteiger charge is 2.39. The molecule has 2 N–H and O–H groups in total. The average molecular weight is 340 g/mol. The third-order valence-electron chi connectivity index (χ3n) is 3.75. The molecule has 0 aliphatic heterocycles. The number of halogens is 3. The van der Waals surface area contributed by atoms with Gasteiger partial charge in [0.15, 0.2) is 0 Å². The van der Waals surface area contributed by atoms with Crippen LogP contribution < -0.4 is 5.32 Å². The van der Waals surface area contributed by atoms with Gasteiger partial charge in [0.1, 0.15) is 5.60 Å². The first-order valence-corrected chi connectivity index (χ1v) is 7.89. The van der Waals surface area contributed by atoms with Gasteiger partial charge in [-0.2, -0.15) is 13.2 Å². The van der Waals surface area contributed by atoms with Crippen LogP contribution in [0, 0.1) is 0 Å². The Balaban J connectivity index is 2.79. The van der Waals surface area contributed by atoms with Crippen molar-refractivity contribution in [3.05, 3.63) is 0 Å². The van der Waals surface area contributed by atoms with E-state index in [1.165, 1.54) is 4.90 Å². The van der Waals surface area contributed by atoms with Crippen LogP contribution in [0.1, 0.15) is 47.0 Å². The molecule has 1 saturated carbocycles. The van der Waals surface area contributed by atoms with Crippen molar-refractivity contribution in [1.29, 1.82) is 0 Å². The smallest absolute Gasteiger partial charge is 0.407 e. The Kier molecular flexibility index (Phi) is 6.70. The summed E-state index contributed by atoms with van der Waals surface area (Å²) >= 11 is 0. The Morgan fingerprint density at radius 1 is 1.30 bits per heavy atom. The van der Waals surface area contributed by atoms with Crippen molar-refractivity contribution in [1.82, 2.24) is 10.2 Å². The van der Waals surface area contributed by atoms with Crippen LogP contribution >= 0.6 is 0 Å². The fourth-order valence-electron chi connectivity index (χ4n) is 2.85. The molecule has 0 saturated heterocycles. The van der Waals surface area contributed by atoms with E-state index in [0.717, 1.165) is 0 Å². The number of hydrogen-bond acceptors (Lipinski definition) is 4. The maximum atomic E-state index is 12.7. The van der Waals surface area contributed by atoms with E-state index in [1.54, 1.807) is 27.7 Å². The molecule has 1 aliphatic rings. The average Bonchev–Trinajstić information content (AvgIpc) is 2.35. The number of likely N-dealkylation sites (N-methyl/N-ethyl adjacent to an activating group) is 1. The van der Waals surface area contributed by atoms with Crippen molar-refractivity contribution in [2.24, 2.45) is 0 Å². The highest BCUT2D eigenvalue weighted by atomic mass is 19.4. The third-order valence-corrected chi connectivity index (χ3v) is 3.75. The Morgan fingerprint density at radius 2 is 1.91 bits per heavy atom. The van der Waals surface area contributed by atoms with Crippen LogP contribution in [0.25, 0.3) is 0 Å². The van der Waals surface area contributed by atoms with Crippen LogP contribution in [-0.4, -0.2) is 59.2 Å². The first-order chi connectivity index (χ1) is 10.4. The van der Waals surface area contributed by atoms with Gasteiger partial charge in [0.05, 0.1) is 12.6 Å². The fraction of sp³-hybridized carbons (Fsp3) is 0.933. The maximum absolute atomic E-state index is 12.7. The molecule has 0 bridgehead atoms. The topological polar surface area (TPSA) is 61.8 Å². The lowest BCUT2D eigenvalue weighted by atomic mass is 9.87. The number of nitrogens with one attached hydrogen (secondary N) is 1. The van der Waals surface area contributed by atoms with Crippen molar-refractivity contribution >= 4 is 6.09 Å². The lowest BCUT2D eigenvalue weighted by Crippen LogP contribution is -2.57. The number of alkyl halides is 3. The van der Waals surface area contributed by atoms with Gasteiger partial charge >= 0.3 is 12.3 Å². The number of aliphatic hydroxyl groups is 1. The quantitative estimate of drug-likeness (QED) is 0.826. The van der Waals surface area contributed by atoms with Crippen molar-refractivity contribution in [2.75, 3.05) is 13.1 Å². The lowest BCUT2D eigenvalue weighted by Gasteiger charge is -2.41. The molecular formula is C15H27F3N2O3. The SMILES string of the molecule is CCN(CC(F)(F)F)C1CC(O)CCC1NC(=O)OC(C)(C)C. The summed E-state index contributed by atoms with van der Waals surface area (Å²) in [5.41, 5.74) is -0.676. The standard InChI is InChI=1S/C15H27F3N2O3/c1-5-20(9-15(16,17)18)12-8-10(21)6-7-11(12)19-13(22)23-14(2,3)4/h10-12,21H,5-9H2,1-4H3,(H,19,22). The molecule has 0 aromatic carbocycles. The van der Waals surface area contributed by atoms with Gasteiger partial charge < -0.3 is 15.2 Å². The minimum absolute atomic E-state index is 0.184. The van der Waals surface area contributed by atoms with Gasteiger partial charge in [-0.3, -0.25) is 4.90 Å². The van der Waals surface area contributed by atoms with Gasteiger partial charge in [-0.15, -0.1) is 0 Å². The van der Waals surface area contributed by atoms with Crippen LogP contribution in [0.5, 0.6) is 0 Å². The van der Waals surface area contributed by atoms with Crippen LogP contribution in [0.4, 0.5) is 18.0 Å². The van der Waals surface area contributed by atoms with Crippen molar-refractivity contribution in [3.8, 4) is 0 Å². The van der Waals surface area contributed by atoms with E-state index in [1.807, 2.05) is 0 Å². The Bertz CT molecular complexity index is 396.